The second kappa shape index (κ2) is 33.6. The third-order valence-corrected chi connectivity index (χ3v) is 18.8. The number of aliphatic hydroxyl groups is 2. The van der Waals surface area contributed by atoms with Gasteiger partial charge in [-0.15, -0.1) is 0 Å². The van der Waals surface area contributed by atoms with Crippen molar-refractivity contribution in [3.05, 3.63) is 165 Å². The molecule has 0 bridgehead atoms. The lowest BCUT2D eigenvalue weighted by molar-refractivity contribution is 0.0193. The van der Waals surface area contributed by atoms with Crippen LogP contribution in [-0.4, -0.2) is 195 Å². The lowest BCUT2D eigenvalue weighted by Gasteiger charge is -2.38. The fraction of sp³-hybridized carbons (Fsp3) is 0.354. The number of benzene rings is 6. The third-order valence-electron chi connectivity index (χ3n) is 18.8. The highest BCUT2D eigenvalue weighted by atomic mass is 16.5. The molecule has 105 heavy (non-hydrogen) atoms. The first-order chi connectivity index (χ1) is 50.9. The van der Waals surface area contributed by atoms with E-state index < -0.39 is 11.7 Å². The quantitative estimate of drug-likeness (QED) is 0.0508. The van der Waals surface area contributed by atoms with Gasteiger partial charge in [0.1, 0.15) is 34.5 Å². The number of anilines is 6. The first kappa shape index (κ1) is 73.7. The monoisotopic (exact) mass is 1420 g/mol. The van der Waals surface area contributed by atoms with Gasteiger partial charge in [-0.3, -0.25) is 29.0 Å². The van der Waals surface area contributed by atoms with Crippen molar-refractivity contribution in [2.75, 3.05) is 123 Å². The van der Waals surface area contributed by atoms with Crippen molar-refractivity contribution in [2.45, 2.75) is 44.8 Å². The van der Waals surface area contributed by atoms with Crippen LogP contribution in [0.2, 0.25) is 0 Å². The van der Waals surface area contributed by atoms with E-state index in [9.17, 15) is 10.2 Å². The molecule has 0 aliphatic carbocycles. The van der Waals surface area contributed by atoms with Crippen molar-refractivity contribution in [1.82, 2.24) is 69.5 Å². The van der Waals surface area contributed by atoms with E-state index in [4.69, 9.17) is 48.1 Å². The van der Waals surface area contributed by atoms with Gasteiger partial charge < -0.3 is 68.3 Å². The van der Waals surface area contributed by atoms with Gasteiger partial charge in [-0.1, -0.05) is 13.8 Å². The number of piperidine rings is 2. The number of aromatic nitrogens is 12. The molecular weight excluding hydrogens is 1330 g/mol. The van der Waals surface area contributed by atoms with Crippen LogP contribution in [0.5, 0.6) is 34.5 Å². The van der Waals surface area contributed by atoms with Crippen LogP contribution in [-0.2, 0) is 25.9 Å². The van der Waals surface area contributed by atoms with E-state index in [2.05, 4.69) is 88.4 Å². The van der Waals surface area contributed by atoms with Crippen LogP contribution in [0, 0.1) is 11.8 Å². The first-order valence-corrected chi connectivity index (χ1v) is 35.0. The predicted octanol–water partition coefficient (Wildman–Crippen LogP) is 11.7. The summed E-state index contributed by atoms with van der Waals surface area (Å²) in [7, 11) is 17.1. The average Bonchev–Trinajstić information content (AvgIpc) is 1.42. The maximum absolute atomic E-state index is 11.4. The number of nitrogens with zero attached hydrogens (tertiary/aromatic N) is 16. The Balaban J connectivity index is 0.000000148. The molecule has 2 saturated heterocycles. The normalized spacial score (nSPS) is 15.3. The number of fused-ring (bicyclic) bond motifs is 3. The molecule has 12 aromatic rings. The van der Waals surface area contributed by atoms with Crippen LogP contribution < -0.4 is 48.4 Å². The summed E-state index contributed by atoms with van der Waals surface area (Å²) in [6.07, 6.45) is 18.4. The van der Waals surface area contributed by atoms with Crippen molar-refractivity contribution >= 4 is 67.2 Å². The molecule has 14 rings (SSSR count). The van der Waals surface area contributed by atoms with E-state index in [1.165, 1.54) is 6.42 Å². The minimum atomic E-state index is -0.834. The van der Waals surface area contributed by atoms with E-state index in [1.54, 1.807) is 94.7 Å². The van der Waals surface area contributed by atoms with Crippen molar-refractivity contribution < 1.29 is 43.4 Å². The SMILES string of the molecule is COCC(O)CN(c1cc(OC)cc(OC)c1)c1ccc2ncc(-c3cnn(C)c3)nc2c1.COc1cc(OC)cc(N(CC2(O)CCNCC2)c2ccc3ncc(-c4cnn(C)c4)nc3c2)c1.COc1cc(OC)cc(N(CCN2C[C@H](C)C[C@@H](C)C2)c2ccc3ncc(-c4cnn(C)c4)nc3c2)c1. The largest absolute Gasteiger partial charge is 0.497 e. The average molecular weight is 1420 g/mol. The van der Waals surface area contributed by atoms with E-state index in [-0.39, 0.29) is 6.61 Å². The Morgan fingerprint density at radius 1 is 0.467 bits per heavy atom. The van der Waals surface area contributed by atoms with E-state index in [1.807, 2.05) is 136 Å². The molecule has 3 atom stereocenters. The summed E-state index contributed by atoms with van der Waals surface area (Å²) >= 11 is 0. The highest BCUT2D eigenvalue weighted by Crippen LogP contribution is 2.40. The highest BCUT2D eigenvalue weighted by molar-refractivity contribution is 5.86. The van der Waals surface area contributed by atoms with Gasteiger partial charge in [0.05, 0.1) is 161 Å². The number of rotatable bonds is 24. The Morgan fingerprint density at radius 2 is 0.829 bits per heavy atom. The van der Waals surface area contributed by atoms with E-state index in [0.29, 0.717) is 48.9 Å². The van der Waals surface area contributed by atoms with E-state index >= 15 is 0 Å². The molecule has 0 radical (unpaired) electrons. The van der Waals surface area contributed by atoms with Gasteiger partial charge in [0.25, 0.3) is 0 Å². The fourth-order valence-electron chi connectivity index (χ4n) is 13.5. The zero-order valence-electron chi connectivity index (χ0n) is 61.7. The van der Waals surface area contributed by atoms with Crippen LogP contribution in [0.3, 0.4) is 0 Å². The number of hydrogen-bond donors (Lipinski definition) is 3. The summed E-state index contributed by atoms with van der Waals surface area (Å²) in [5.41, 5.74) is 14.5. The Bertz CT molecular complexity index is 4830. The van der Waals surface area contributed by atoms with Crippen LogP contribution in [0.4, 0.5) is 34.1 Å². The lowest BCUT2D eigenvalue weighted by Crippen LogP contribution is -2.48. The molecule has 2 fully saturated rings. The number of nitrogens with one attached hydrogen (secondary N) is 1. The molecule has 8 heterocycles. The van der Waals surface area contributed by atoms with Crippen molar-refractivity contribution in [2.24, 2.45) is 33.0 Å². The molecule has 6 aromatic carbocycles. The molecule has 26 heteroatoms. The molecule has 2 aliphatic rings. The number of likely N-dealkylation sites (tertiary alicyclic amines) is 1. The maximum atomic E-state index is 11.4. The minimum absolute atomic E-state index is 0.205. The van der Waals surface area contributed by atoms with Crippen molar-refractivity contribution in [3.63, 3.8) is 0 Å². The summed E-state index contributed by atoms with van der Waals surface area (Å²) < 4.78 is 43.5. The Kier molecular flexibility index (Phi) is 23.6. The number of hydrogen-bond acceptors (Lipinski definition) is 23. The van der Waals surface area contributed by atoms with Crippen LogP contribution in [0.1, 0.15) is 33.1 Å². The molecule has 1 unspecified atom stereocenters. The van der Waals surface area contributed by atoms with Gasteiger partial charge in [0, 0.05) is 178 Å². The van der Waals surface area contributed by atoms with Crippen molar-refractivity contribution in [3.8, 4) is 68.3 Å². The van der Waals surface area contributed by atoms with Gasteiger partial charge in [-0.05, 0) is 98.8 Å². The number of ether oxygens (including phenoxy) is 7. The maximum Gasteiger partial charge on any atom is 0.124 e. The molecule has 6 aromatic heterocycles. The molecule has 0 spiro atoms. The minimum Gasteiger partial charge on any atom is -0.497 e. The Labute approximate surface area is 611 Å². The first-order valence-electron chi connectivity index (χ1n) is 35.0. The van der Waals surface area contributed by atoms with E-state index in [0.717, 1.165) is 164 Å². The molecule has 0 amide bonds. The molecule has 26 nitrogen and oxygen atoms in total. The fourth-order valence-corrected chi connectivity index (χ4v) is 13.5. The Hall–Kier alpha value is -11.0. The molecule has 3 N–H and O–H groups in total. The Morgan fingerprint density at radius 3 is 1.19 bits per heavy atom. The van der Waals surface area contributed by atoms with Gasteiger partial charge in [-0.2, -0.15) is 15.3 Å². The van der Waals surface area contributed by atoms with Crippen LogP contribution >= 0.6 is 0 Å². The summed E-state index contributed by atoms with van der Waals surface area (Å²) in [6, 6.07) is 35.4. The second-order valence-corrected chi connectivity index (χ2v) is 26.8. The topological polar surface area (TPSA) is 261 Å². The van der Waals surface area contributed by atoms with Crippen LogP contribution in [0.15, 0.2) is 165 Å². The smallest absolute Gasteiger partial charge is 0.124 e. The predicted molar refractivity (Wildman–Crippen MR) is 409 cm³/mol. The lowest BCUT2D eigenvalue weighted by atomic mass is 9.91. The van der Waals surface area contributed by atoms with Gasteiger partial charge >= 0.3 is 0 Å². The van der Waals surface area contributed by atoms with Crippen LogP contribution in [0.25, 0.3) is 66.9 Å². The summed E-state index contributed by atoms with van der Waals surface area (Å²) in [5, 5.41) is 38.1. The zero-order valence-corrected chi connectivity index (χ0v) is 61.7. The van der Waals surface area contributed by atoms with Gasteiger partial charge in [0.15, 0.2) is 0 Å². The molecule has 2 aliphatic heterocycles. The summed E-state index contributed by atoms with van der Waals surface area (Å²) in [4.78, 5) is 37.4. The number of aryl methyl sites for hydroxylation is 3. The van der Waals surface area contributed by atoms with Gasteiger partial charge in [0.2, 0.25) is 0 Å². The van der Waals surface area contributed by atoms with Gasteiger partial charge in [-0.25, -0.2) is 15.0 Å². The highest BCUT2D eigenvalue weighted by Gasteiger charge is 2.33. The van der Waals surface area contributed by atoms with Crippen molar-refractivity contribution in [1.29, 1.82) is 0 Å². The number of methoxy groups -OCH3 is 7. The zero-order chi connectivity index (χ0) is 73.7. The summed E-state index contributed by atoms with van der Waals surface area (Å²) in [6.45, 7) is 11.3. The second-order valence-electron chi connectivity index (χ2n) is 26.8. The third kappa shape index (κ3) is 18.3. The molecule has 0 saturated carbocycles. The number of aliphatic hydroxyl groups excluding tert-OH is 1. The summed E-state index contributed by atoms with van der Waals surface area (Å²) in [5.74, 6) is 5.62. The molecular formula is C79H93N17O9. The molecule has 548 valence electrons. The standard InChI is InChI=1S/C29H36N6O2.C26H30N6O3.C24H27N5O4/c1-20-10-21(2)18-34(17-20)8-9-35(24-11-25(36-4)14-26(12-24)37-5)23-6-7-27-28(13-23)32-29(16-30-27)22-15-31-33(3)19-22;1-31-16-18(14-29-31)25-15-28-23-5-4-19(12-24(23)30-25)32(17-26(33)6-8-27-9-7-26)20-10-21(34-2)13-22(11-20)35-3;1-28-13-16(11-26-28)24-12-25-22-6-5-17(9-23(22)27-24)29(14-19(30)15-31-2)18-7-20(32-3)10-21(8-18)33-4/h6-7,11-16,19-21H,8-10,17-18H2,1-5H3;4-5,10-16,27,33H,6-9,17H2,1-3H3;5-13,19,30H,14-15H2,1-4H3/t20-,21-;;/m1../s1.